The maximum Gasteiger partial charge on any atom is 0.256 e. The third-order valence-electron chi connectivity index (χ3n) is 5.74. The standard InChI is InChI=1S/C20H21N3O3/c1-3-13-8-10-14(11-9-13)17-12(2)22-20(18(17)23(25)26)15-6-4-5-7-16(15)21-19(20)24/h4-12,17-18,22H,3H2,1-2H3,(H,21,24)/t12-,17-,18+,20+/m0/s1. The number of nitro groups is 1. The van der Waals surface area contributed by atoms with Crippen LogP contribution < -0.4 is 10.6 Å². The maximum atomic E-state index is 12.9. The summed E-state index contributed by atoms with van der Waals surface area (Å²) in [6.45, 7) is 3.99. The van der Waals surface area contributed by atoms with Crippen molar-refractivity contribution in [3.05, 3.63) is 75.3 Å². The van der Waals surface area contributed by atoms with Gasteiger partial charge in [0.1, 0.15) is 0 Å². The van der Waals surface area contributed by atoms with Crippen LogP contribution in [-0.2, 0) is 16.8 Å². The van der Waals surface area contributed by atoms with Gasteiger partial charge in [-0.15, -0.1) is 0 Å². The number of amides is 1. The molecule has 0 saturated carbocycles. The summed E-state index contributed by atoms with van der Waals surface area (Å²) >= 11 is 0. The average molecular weight is 351 g/mol. The lowest BCUT2D eigenvalue weighted by atomic mass is 9.78. The van der Waals surface area contributed by atoms with Gasteiger partial charge in [-0.3, -0.25) is 20.2 Å². The molecule has 4 atom stereocenters. The maximum absolute atomic E-state index is 12.9. The Hall–Kier alpha value is -2.73. The van der Waals surface area contributed by atoms with Crippen LogP contribution in [0.15, 0.2) is 48.5 Å². The minimum atomic E-state index is -1.34. The van der Waals surface area contributed by atoms with E-state index in [1.165, 1.54) is 5.56 Å². The van der Waals surface area contributed by atoms with Crippen molar-refractivity contribution in [2.45, 2.75) is 43.8 Å². The molecule has 2 N–H and O–H groups in total. The van der Waals surface area contributed by atoms with E-state index < -0.39 is 17.5 Å². The van der Waals surface area contributed by atoms with Gasteiger partial charge in [0.25, 0.3) is 11.9 Å². The van der Waals surface area contributed by atoms with E-state index >= 15 is 0 Å². The topological polar surface area (TPSA) is 84.3 Å². The molecule has 2 aromatic carbocycles. The van der Waals surface area contributed by atoms with E-state index in [0.29, 0.717) is 11.3 Å². The zero-order valence-electron chi connectivity index (χ0n) is 14.7. The van der Waals surface area contributed by atoms with Crippen molar-refractivity contribution in [1.29, 1.82) is 0 Å². The Morgan fingerprint density at radius 3 is 2.50 bits per heavy atom. The number of fused-ring (bicyclic) bond motifs is 2. The second-order valence-corrected chi connectivity index (χ2v) is 7.09. The van der Waals surface area contributed by atoms with Crippen molar-refractivity contribution in [2.75, 3.05) is 5.32 Å². The third-order valence-corrected chi connectivity index (χ3v) is 5.74. The molecular formula is C20H21N3O3. The van der Waals surface area contributed by atoms with Gasteiger partial charge >= 0.3 is 0 Å². The van der Waals surface area contributed by atoms with Crippen LogP contribution >= 0.6 is 0 Å². The molecule has 2 aliphatic rings. The van der Waals surface area contributed by atoms with Crippen molar-refractivity contribution < 1.29 is 9.72 Å². The molecule has 2 heterocycles. The van der Waals surface area contributed by atoms with Gasteiger partial charge in [-0.25, -0.2) is 0 Å². The Balaban J connectivity index is 1.86. The molecule has 26 heavy (non-hydrogen) atoms. The first kappa shape index (κ1) is 16.7. The summed E-state index contributed by atoms with van der Waals surface area (Å²) in [6, 6.07) is 13.8. The van der Waals surface area contributed by atoms with E-state index in [4.69, 9.17) is 0 Å². The van der Waals surface area contributed by atoms with E-state index in [0.717, 1.165) is 12.0 Å². The number of carbonyl (C=O) groups is 1. The molecule has 2 aromatic rings. The summed E-state index contributed by atoms with van der Waals surface area (Å²) in [6.07, 6.45) is 0.914. The second-order valence-electron chi connectivity index (χ2n) is 7.09. The average Bonchev–Trinajstić information content (AvgIpc) is 3.10. The molecule has 0 aliphatic carbocycles. The van der Waals surface area contributed by atoms with Gasteiger partial charge in [0.2, 0.25) is 0 Å². The van der Waals surface area contributed by atoms with Crippen LogP contribution in [0.1, 0.15) is 36.5 Å². The summed E-state index contributed by atoms with van der Waals surface area (Å²) in [7, 11) is 0. The molecule has 6 nitrogen and oxygen atoms in total. The predicted octanol–water partition coefficient (Wildman–Crippen LogP) is 2.82. The van der Waals surface area contributed by atoms with Crippen LogP contribution in [0.5, 0.6) is 0 Å². The molecule has 1 fully saturated rings. The highest BCUT2D eigenvalue weighted by Gasteiger charge is 2.67. The predicted molar refractivity (Wildman–Crippen MR) is 98.7 cm³/mol. The molecule has 1 spiro atoms. The smallest absolute Gasteiger partial charge is 0.256 e. The normalized spacial score (nSPS) is 29.6. The molecular weight excluding hydrogens is 330 g/mol. The van der Waals surface area contributed by atoms with Crippen molar-refractivity contribution in [3.8, 4) is 0 Å². The summed E-state index contributed by atoms with van der Waals surface area (Å²) in [5.41, 5.74) is 2.03. The molecule has 134 valence electrons. The first-order chi connectivity index (χ1) is 12.5. The highest BCUT2D eigenvalue weighted by atomic mass is 16.6. The first-order valence-electron chi connectivity index (χ1n) is 8.90. The number of benzene rings is 2. The highest BCUT2D eigenvalue weighted by molar-refractivity contribution is 6.07. The zero-order valence-corrected chi connectivity index (χ0v) is 14.7. The van der Waals surface area contributed by atoms with Crippen LogP contribution in [-0.4, -0.2) is 22.9 Å². The number of para-hydroxylation sites is 1. The van der Waals surface area contributed by atoms with Crippen LogP contribution in [0.2, 0.25) is 0 Å². The van der Waals surface area contributed by atoms with E-state index in [2.05, 4.69) is 17.6 Å². The van der Waals surface area contributed by atoms with Gasteiger partial charge in [0, 0.05) is 22.2 Å². The molecule has 4 rings (SSSR count). The number of anilines is 1. The highest BCUT2D eigenvalue weighted by Crippen LogP contribution is 2.49. The number of nitrogens with one attached hydrogen (secondary N) is 2. The van der Waals surface area contributed by atoms with Gasteiger partial charge < -0.3 is 5.32 Å². The fraction of sp³-hybridized carbons (Fsp3) is 0.350. The molecule has 6 heteroatoms. The molecule has 0 aromatic heterocycles. The van der Waals surface area contributed by atoms with Crippen molar-refractivity contribution >= 4 is 11.6 Å². The van der Waals surface area contributed by atoms with Crippen LogP contribution in [0, 0.1) is 10.1 Å². The largest absolute Gasteiger partial charge is 0.324 e. The molecule has 0 unspecified atom stereocenters. The summed E-state index contributed by atoms with van der Waals surface area (Å²) < 4.78 is 0. The molecule has 0 bridgehead atoms. The van der Waals surface area contributed by atoms with E-state index in [1.807, 2.05) is 43.3 Å². The minimum Gasteiger partial charge on any atom is -0.324 e. The number of hydrogen-bond acceptors (Lipinski definition) is 4. The van der Waals surface area contributed by atoms with E-state index in [9.17, 15) is 14.9 Å². The fourth-order valence-electron chi connectivity index (χ4n) is 4.53. The SMILES string of the molecule is CCc1ccc([C@@H]2[C@H](C)N[C@@]3(C(=O)Nc4ccccc43)[C@@H]2[N+](=O)[O-])cc1. The van der Waals surface area contributed by atoms with Gasteiger partial charge in [-0.05, 0) is 30.5 Å². The van der Waals surface area contributed by atoms with Crippen molar-refractivity contribution in [3.63, 3.8) is 0 Å². The minimum absolute atomic E-state index is 0.213. The Morgan fingerprint density at radius 2 is 1.85 bits per heavy atom. The van der Waals surface area contributed by atoms with Crippen LogP contribution in [0.3, 0.4) is 0 Å². The van der Waals surface area contributed by atoms with Gasteiger partial charge in [0.05, 0.1) is 5.92 Å². The first-order valence-corrected chi connectivity index (χ1v) is 8.90. The lowest BCUT2D eigenvalue weighted by molar-refractivity contribution is -0.532. The van der Waals surface area contributed by atoms with E-state index in [1.54, 1.807) is 12.1 Å². The van der Waals surface area contributed by atoms with Gasteiger partial charge in [-0.2, -0.15) is 0 Å². The molecule has 0 radical (unpaired) electrons. The van der Waals surface area contributed by atoms with Crippen LogP contribution in [0.25, 0.3) is 0 Å². The lowest BCUT2D eigenvalue weighted by Crippen LogP contribution is -2.54. The number of nitrogens with zero attached hydrogens (tertiary/aromatic N) is 1. The molecule has 1 saturated heterocycles. The number of aryl methyl sites for hydroxylation is 1. The number of rotatable bonds is 3. The van der Waals surface area contributed by atoms with Gasteiger partial charge in [-0.1, -0.05) is 49.4 Å². The lowest BCUT2D eigenvalue weighted by Gasteiger charge is -2.25. The fourth-order valence-corrected chi connectivity index (χ4v) is 4.53. The Kier molecular flexibility index (Phi) is 3.80. The molecule has 1 amide bonds. The quantitative estimate of drug-likeness (QED) is 0.658. The summed E-state index contributed by atoms with van der Waals surface area (Å²) in [5.74, 6) is -0.743. The molecule has 2 aliphatic heterocycles. The Morgan fingerprint density at radius 1 is 1.15 bits per heavy atom. The Labute approximate surface area is 151 Å². The monoisotopic (exact) mass is 351 g/mol. The van der Waals surface area contributed by atoms with Crippen molar-refractivity contribution in [1.82, 2.24) is 5.32 Å². The van der Waals surface area contributed by atoms with Gasteiger partial charge in [0.15, 0.2) is 5.54 Å². The van der Waals surface area contributed by atoms with Crippen LogP contribution in [0.4, 0.5) is 5.69 Å². The van der Waals surface area contributed by atoms with E-state index in [-0.39, 0.29) is 16.9 Å². The second kappa shape index (κ2) is 5.92. The number of hydrogen-bond donors (Lipinski definition) is 2. The summed E-state index contributed by atoms with van der Waals surface area (Å²) in [4.78, 5) is 24.8. The summed E-state index contributed by atoms with van der Waals surface area (Å²) in [5, 5.41) is 18.3. The Bertz CT molecular complexity index is 880. The number of carbonyl (C=O) groups excluding carboxylic acids is 1. The zero-order chi connectivity index (χ0) is 18.5. The third kappa shape index (κ3) is 2.18. The van der Waals surface area contributed by atoms with Crippen molar-refractivity contribution in [2.24, 2.45) is 0 Å².